The minimum Gasteiger partial charge on any atom is -0.494 e. The summed E-state index contributed by atoms with van der Waals surface area (Å²) in [7, 11) is 3.25. The second kappa shape index (κ2) is 58.8. The number of hydrogen-bond donors (Lipinski definition) is 0. The van der Waals surface area contributed by atoms with Crippen molar-refractivity contribution < 1.29 is 80.9 Å². The van der Waals surface area contributed by atoms with E-state index in [0.717, 1.165) is 108 Å². The molecular weight excluding hydrogens is 1120 g/mol. The van der Waals surface area contributed by atoms with E-state index in [1.807, 2.05) is 71.0 Å². The van der Waals surface area contributed by atoms with Gasteiger partial charge in [0.15, 0.2) is 0 Å². The molecule has 0 saturated heterocycles. The predicted octanol–water partition coefficient (Wildman–Crippen LogP) is 15.3. The summed E-state index contributed by atoms with van der Waals surface area (Å²) in [6, 6.07) is 27.4. The maximum absolute atomic E-state index is 12.6. The minimum atomic E-state index is -0.551. The van der Waals surface area contributed by atoms with Crippen molar-refractivity contribution in [3.63, 3.8) is 0 Å². The van der Waals surface area contributed by atoms with Crippen molar-refractivity contribution in [3.8, 4) is 28.7 Å². The van der Waals surface area contributed by atoms with Crippen LogP contribution in [-0.4, -0.2) is 109 Å². The van der Waals surface area contributed by atoms with Gasteiger partial charge in [0.05, 0.1) is 64.0 Å². The molecule has 88 heavy (non-hydrogen) atoms. The van der Waals surface area contributed by atoms with Gasteiger partial charge < -0.3 is 52.1 Å². The smallest absolute Gasteiger partial charge is 0.343 e. The van der Waals surface area contributed by atoms with Gasteiger partial charge in [0.25, 0.3) is 0 Å². The van der Waals surface area contributed by atoms with Crippen molar-refractivity contribution in [2.75, 3.05) is 73.7 Å². The van der Waals surface area contributed by atoms with Crippen LogP contribution in [0.1, 0.15) is 137 Å². The third kappa shape index (κ3) is 47.7. The van der Waals surface area contributed by atoms with E-state index < -0.39 is 29.8 Å². The lowest BCUT2D eigenvalue weighted by Gasteiger charge is -2.09. The van der Waals surface area contributed by atoms with Crippen molar-refractivity contribution in [1.29, 1.82) is 0 Å². The van der Waals surface area contributed by atoms with Gasteiger partial charge in [-0.15, -0.1) is 6.58 Å². The first-order chi connectivity index (χ1) is 42.7. The molecule has 0 unspecified atom stereocenters. The van der Waals surface area contributed by atoms with E-state index in [0.29, 0.717) is 87.7 Å². The van der Waals surface area contributed by atoms with E-state index in [-0.39, 0.29) is 11.7 Å². The molecule has 17 heteroatoms. The molecule has 4 rings (SSSR count). The van der Waals surface area contributed by atoms with Crippen LogP contribution in [0.2, 0.25) is 0 Å². The van der Waals surface area contributed by atoms with Crippen molar-refractivity contribution in [2.24, 2.45) is 0 Å². The Morgan fingerprint density at radius 2 is 0.636 bits per heavy atom. The fourth-order valence-corrected chi connectivity index (χ4v) is 6.50. The Hall–Kier alpha value is -8.54. The van der Waals surface area contributed by atoms with Crippen LogP contribution in [0.5, 0.6) is 28.7 Å². The van der Waals surface area contributed by atoms with Gasteiger partial charge in [0, 0.05) is 51.6 Å². The van der Waals surface area contributed by atoms with Crippen molar-refractivity contribution >= 4 is 35.8 Å². The van der Waals surface area contributed by atoms with Crippen LogP contribution in [0, 0.1) is 6.92 Å². The summed E-state index contributed by atoms with van der Waals surface area (Å²) >= 11 is 0. The van der Waals surface area contributed by atoms with Crippen LogP contribution >= 0.6 is 0 Å². The summed E-state index contributed by atoms with van der Waals surface area (Å²) in [5, 5.41) is 0. The van der Waals surface area contributed by atoms with Gasteiger partial charge in [-0.25, -0.2) is 28.8 Å². The Balaban J connectivity index is 0. The highest BCUT2D eigenvalue weighted by molar-refractivity contribution is 5.93. The van der Waals surface area contributed by atoms with Crippen LogP contribution < -0.4 is 23.7 Å². The van der Waals surface area contributed by atoms with Crippen molar-refractivity contribution in [1.82, 2.24) is 0 Å². The molecule has 0 amide bonds. The fraction of sp³-hybridized carbons (Fsp3) is 0.408. The summed E-state index contributed by atoms with van der Waals surface area (Å²) < 4.78 is 57.0. The molecule has 484 valence electrons. The first-order valence-corrected chi connectivity index (χ1v) is 29.8. The number of methoxy groups -OCH3 is 1. The second-order valence-corrected chi connectivity index (χ2v) is 18.2. The molecule has 0 radical (unpaired) electrons. The molecular formula is C71H98O17. The van der Waals surface area contributed by atoms with E-state index in [1.165, 1.54) is 35.9 Å². The molecule has 17 nitrogen and oxygen atoms in total. The average Bonchev–Trinajstić information content (AvgIpc) is 3.61. The zero-order valence-electron chi connectivity index (χ0n) is 53.3. The molecule has 0 bridgehead atoms. The van der Waals surface area contributed by atoms with Gasteiger partial charge in [0.1, 0.15) is 28.7 Å². The number of hydrogen-bond acceptors (Lipinski definition) is 17. The lowest BCUT2D eigenvalue weighted by Crippen LogP contribution is -2.10. The van der Waals surface area contributed by atoms with E-state index in [2.05, 4.69) is 37.6 Å². The standard InChI is InChI=1S/C38H42O10.C13H16O3.C13H22O3.C3H6.C2H6O.C2H6/c1-3-35(39)45-27-11-7-5-9-25-43-31-17-13-29(14-18-31)37(41)47-33-19-15-30(16-20-33)38(42)48-34-23-21-32(22-24-34)44-26-10-6-8-12-28-46-36(40)4-2;1-3-13(14)16-10-4-9-15-12-7-5-11(2)6-8-12;1-3-5-10-15-11-8-6-7-9-12-16-13(14)4-2;2*1-3-2;1-2/h3-4,13-24H,1-2,5-12,25-28H2;3,5-8H,1,4,9-10H2,2H3;3-5H,2,6-12H2,1H3;3H,1H2,2H3;1-2H3;1-2H3/b;;5-3-;;;. The fourth-order valence-electron chi connectivity index (χ4n) is 6.50. The first-order valence-electron chi connectivity index (χ1n) is 29.8. The topological polar surface area (TPSA) is 204 Å². The predicted molar refractivity (Wildman–Crippen MR) is 347 cm³/mol. The highest BCUT2D eigenvalue weighted by Crippen LogP contribution is 2.22. The normalized spacial score (nSPS) is 9.72. The zero-order valence-corrected chi connectivity index (χ0v) is 53.3. The van der Waals surface area contributed by atoms with E-state index in [9.17, 15) is 28.8 Å². The minimum absolute atomic E-state index is 0.286. The summed E-state index contributed by atoms with van der Waals surface area (Å²) in [4.78, 5) is 68.6. The molecule has 0 N–H and O–H groups in total. The third-order valence-electron chi connectivity index (χ3n) is 10.9. The number of esters is 6. The Morgan fingerprint density at radius 1 is 0.375 bits per heavy atom. The highest BCUT2D eigenvalue weighted by Gasteiger charge is 2.13. The molecule has 0 aliphatic carbocycles. The quantitative estimate of drug-likeness (QED) is 0.0102. The number of rotatable bonds is 38. The maximum Gasteiger partial charge on any atom is 0.343 e. The molecule has 0 spiro atoms. The van der Waals surface area contributed by atoms with E-state index >= 15 is 0 Å². The van der Waals surface area contributed by atoms with Crippen molar-refractivity contribution in [2.45, 2.75) is 118 Å². The number of aryl methyl sites for hydroxylation is 1. The van der Waals surface area contributed by atoms with Gasteiger partial charge in [-0.3, -0.25) is 0 Å². The molecule has 4 aromatic carbocycles. The second-order valence-electron chi connectivity index (χ2n) is 18.2. The Morgan fingerprint density at radius 3 is 0.966 bits per heavy atom. The van der Waals surface area contributed by atoms with Gasteiger partial charge in [-0.1, -0.05) is 82.5 Å². The SMILES string of the molecule is C=CC.C=CC(=O)OCCCCCCOC/C=C\C.C=CC(=O)OCCCCCCOc1ccc(OC(=O)c2ccc(OC(=O)c3ccc(OCCCCCCOC(=O)C=C)cc3)cc2)cc1.C=CC(=O)OCCCOc1ccc(C)cc1.CC.COC. The van der Waals surface area contributed by atoms with Crippen molar-refractivity contribution in [3.05, 3.63) is 189 Å². The van der Waals surface area contributed by atoms with Gasteiger partial charge in [-0.2, -0.15) is 0 Å². The van der Waals surface area contributed by atoms with E-state index in [1.54, 1.807) is 68.8 Å². The van der Waals surface area contributed by atoms with Crippen LogP contribution in [-0.2, 0) is 47.6 Å². The molecule has 0 aliphatic rings. The lowest BCUT2D eigenvalue weighted by molar-refractivity contribution is -0.138. The largest absolute Gasteiger partial charge is 0.494 e. The summed E-state index contributed by atoms with van der Waals surface area (Å²) in [6.45, 7) is 31.4. The molecule has 4 aromatic rings. The van der Waals surface area contributed by atoms with Crippen LogP contribution in [0.25, 0.3) is 0 Å². The number of carbonyl (C=O) groups is 6. The molecule has 0 saturated carbocycles. The first kappa shape index (κ1) is 81.5. The zero-order chi connectivity index (χ0) is 65.7. The Kier molecular flexibility index (Phi) is 54.5. The van der Waals surface area contributed by atoms with Gasteiger partial charge >= 0.3 is 35.8 Å². The number of ether oxygens (including phenoxy) is 11. The maximum atomic E-state index is 12.6. The number of benzene rings is 4. The third-order valence-corrected chi connectivity index (χ3v) is 10.9. The monoisotopic (exact) mass is 1220 g/mol. The van der Waals surface area contributed by atoms with Crippen LogP contribution in [0.4, 0.5) is 0 Å². The number of allylic oxidation sites excluding steroid dienone is 2. The molecule has 0 heterocycles. The van der Waals surface area contributed by atoms with Crippen LogP contribution in [0.3, 0.4) is 0 Å². The summed E-state index contributed by atoms with van der Waals surface area (Å²) in [6.07, 6.45) is 22.2. The van der Waals surface area contributed by atoms with Gasteiger partial charge in [0.2, 0.25) is 0 Å². The Labute approximate surface area is 524 Å². The molecule has 0 aromatic heterocycles. The molecule has 0 atom stereocenters. The van der Waals surface area contributed by atoms with Gasteiger partial charge in [-0.05, 0) is 176 Å². The number of unbranched alkanes of at least 4 members (excludes halogenated alkanes) is 9. The lowest BCUT2D eigenvalue weighted by atomic mass is 10.2. The van der Waals surface area contributed by atoms with E-state index in [4.69, 9.17) is 47.4 Å². The summed E-state index contributed by atoms with van der Waals surface area (Å²) in [5.74, 6) is 0.164. The molecule has 0 aliphatic heterocycles. The number of carbonyl (C=O) groups excluding carboxylic acids is 6. The average molecular weight is 1220 g/mol. The Bertz CT molecular complexity index is 2520. The molecule has 0 fully saturated rings. The highest BCUT2D eigenvalue weighted by atomic mass is 16.6. The summed E-state index contributed by atoms with van der Waals surface area (Å²) in [5.41, 5.74) is 1.86. The van der Waals surface area contributed by atoms with Crippen LogP contribution in [0.15, 0.2) is 172 Å².